The van der Waals surface area contributed by atoms with E-state index in [0.29, 0.717) is 6.54 Å². The van der Waals surface area contributed by atoms with E-state index in [0.717, 1.165) is 57.8 Å². The third-order valence-corrected chi connectivity index (χ3v) is 4.49. The molecule has 0 aliphatic carbocycles. The van der Waals surface area contributed by atoms with Crippen molar-refractivity contribution in [3.8, 4) is 0 Å². The van der Waals surface area contributed by atoms with Crippen LogP contribution < -0.4 is 5.32 Å². The van der Waals surface area contributed by atoms with E-state index < -0.39 is 5.60 Å². The number of hydrogen-bond acceptors (Lipinski definition) is 2. The van der Waals surface area contributed by atoms with Crippen LogP contribution in [0.15, 0.2) is 60.8 Å². The molecule has 158 valence electrons. The number of aliphatic hydroxyl groups is 1. The Labute approximate surface area is 173 Å². The largest absolute Gasteiger partial charge is 0.388 e. The van der Waals surface area contributed by atoms with Crippen molar-refractivity contribution in [2.75, 3.05) is 6.54 Å². The number of unbranched alkanes of at least 4 members (excludes halogenated alkanes) is 4. The average molecular weight is 388 g/mol. The van der Waals surface area contributed by atoms with Crippen LogP contribution in [0, 0.1) is 0 Å². The highest BCUT2D eigenvalue weighted by Crippen LogP contribution is 2.21. The monoisotopic (exact) mass is 387 g/mol. The minimum absolute atomic E-state index is 0.122. The molecule has 1 atom stereocenters. The van der Waals surface area contributed by atoms with Crippen LogP contribution in [0.25, 0.3) is 0 Å². The molecular formula is C25H41NO2. The lowest BCUT2D eigenvalue weighted by Gasteiger charge is -2.28. The fourth-order valence-corrected chi connectivity index (χ4v) is 2.75. The molecule has 0 bridgehead atoms. The Morgan fingerprint density at radius 3 is 2.14 bits per heavy atom. The highest BCUT2D eigenvalue weighted by Gasteiger charge is 2.25. The number of allylic oxidation sites excluding steroid dienone is 9. The lowest BCUT2D eigenvalue weighted by atomic mass is 9.90. The molecule has 0 spiro atoms. The van der Waals surface area contributed by atoms with Gasteiger partial charge in [-0.3, -0.25) is 4.79 Å². The number of rotatable bonds is 16. The van der Waals surface area contributed by atoms with Gasteiger partial charge in [0.05, 0.1) is 5.60 Å². The first-order valence-corrected chi connectivity index (χ1v) is 10.9. The molecule has 0 rings (SSSR count). The van der Waals surface area contributed by atoms with Crippen molar-refractivity contribution in [2.24, 2.45) is 0 Å². The molecule has 0 heterocycles. The van der Waals surface area contributed by atoms with Crippen LogP contribution >= 0.6 is 0 Å². The Hall–Kier alpha value is -1.87. The summed E-state index contributed by atoms with van der Waals surface area (Å²) >= 11 is 0. The lowest BCUT2D eigenvalue weighted by Crippen LogP contribution is -2.42. The minimum Gasteiger partial charge on any atom is -0.388 e. The Bertz CT molecular complexity index is 529. The van der Waals surface area contributed by atoms with E-state index in [9.17, 15) is 9.90 Å². The molecule has 28 heavy (non-hydrogen) atoms. The van der Waals surface area contributed by atoms with Gasteiger partial charge >= 0.3 is 0 Å². The van der Waals surface area contributed by atoms with Crippen LogP contribution in [-0.4, -0.2) is 23.2 Å². The molecule has 0 fully saturated rings. The molecule has 0 aliphatic heterocycles. The predicted octanol–water partition coefficient (Wildman–Crippen LogP) is 6.19. The first-order chi connectivity index (χ1) is 13.6. The summed E-state index contributed by atoms with van der Waals surface area (Å²) in [5.41, 5.74) is -0.773. The summed E-state index contributed by atoms with van der Waals surface area (Å²) in [4.78, 5) is 12.0. The Balaban J connectivity index is 4.14. The normalized spacial score (nSPS) is 14.9. The summed E-state index contributed by atoms with van der Waals surface area (Å²) in [6.07, 6.45) is 28.0. The first-order valence-electron chi connectivity index (χ1n) is 10.9. The van der Waals surface area contributed by atoms with Crippen LogP contribution in [0.3, 0.4) is 0 Å². The number of carbonyl (C=O) groups excluding carboxylic acids is 1. The third kappa shape index (κ3) is 16.3. The molecule has 0 saturated heterocycles. The van der Waals surface area contributed by atoms with Crippen molar-refractivity contribution in [1.82, 2.24) is 5.32 Å². The SMILES string of the molecule is CC=CC=CC=CC=CCCC=CC(=O)NCC(O)(CCCC)CCCCC. The van der Waals surface area contributed by atoms with E-state index in [2.05, 4.69) is 25.2 Å². The second-order valence-corrected chi connectivity index (χ2v) is 7.21. The van der Waals surface area contributed by atoms with Gasteiger partial charge in [-0.2, -0.15) is 0 Å². The summed E-state index contributed by atoms with van der Waals surface area (Å²) in [5, 5.41) is 13.7. The molecule has 2 N–H and O–H groups in total. The van der Waals surface area contributed by atoms with Gasteiger partial charge in [0.2, 0.25) is 5.91 Å². The molecule has 0 radical (unpaired) electrons. The Morgan fingerprint density at radius 2 is 1.46 bits per heavy atom. The Kier molecular flexibility index (Phi) is 17.3. The minimum atomic E-state index is -0.773. The van der Waals surface area contributed by atoms with Gasteiger partial charge in [0.1, 0.15) is 0 Å². The highest BCUT2D eigenvalue weighted by atomic mass is 16.3. The van der Waals surface area contributed by atoms with Gasteiger partial charge in [-0.05, 0) is 38.7 Å². The molecule has 3 nitrogen and oxygen atoms in total. The van der Waals surface area contributed by atoms with Gasteiger partial charge in [-0.25, -0.2) is 0 Å². The Morgan fingerprint density at radius 1 is 0.857 bits per heavy atom. The van der Waals surface area contributed by atoms with E-state index in [-0.39, 0.29) is 5.91 Å². The molecule has 3 heteroatoms. The van der Waals surface area contributed by atoms with E-state index in [1.807, 2.05) is 55.5 Å². The van der Waals surface area contributed by atoms with Crippen LogP contribution in [0.4, 0.5) is 0 Å². The van der Waals surface area contributed by atoms with Crippen LogP contribution in [0.2, 0.25) is 0 Å². The molecule has 0 aromatic heterocycles. The fraction of sp³-hybridized carbons (Fsp3) is 0.560. The maximum Gasteiger partial charge on any atom is 0.243 e. The molecule has 0 aromatic carbocycles. The molecular weight excluding hydrogens is 346 g/mol. The van der Waals surface area contributed by atoms with Gasteiger partial charge < -0.3 is 10.4 Å². The van der Waals surface area contributed by atoms with Crippen molar-refractivity contribution in [2.45, 2.75) is 84.2 Å². The van der Waals surface area contributed by atoms with Gasteiger partial charge in [-0.1, -0.05) is 101 Å². The van der Waals surface area contributed by atoms with Crippen LogP contribution in [0.5, 0.6) is 0 Å². The second-order valence-electron chi connectivity index (χ2n) is 7.21. The third-order valence-electron chi connectivity index (χ3n) is 4.49. The maximum absolute atomic E-state index is 12.0. The summed E-state index contributed by atoms with van der Waals surface area (Å²) in [7, 11) is 0. The van der Waals surface area contributed by atoms with Gasteiger partial charge in [-0.15, -0.1) is 0 Å². The smallest absolute Gasteiger partial charge is 0.243 e. The number of carbonyl (C=O) groups is 1. The van der Waals surface area contributed by atoms with Crippen molar-refractivity contribution in [3.05, 3.63) is 60.8 Å². The van der Waals surface area contributed by atoms with E-state index >= 15 is 0 Å². The van der Waals surface area contributed by atoms with Crippen molar-refractivity contribution < 1.29 is 9.90 Å². The van der Waals surface area contributed by atoms with E-state index in [1.165, 1.54) is 0 Å². The number of hydrogen-bond donors (Lipinski definition) is 2. The van der Waals surface area contributed by atoms with Gasteiger partial charge in [0.15, 0.2) is 0 Å². The standard InChI is InChI=1S/C25H41NO2/c1-4-7-10-11-12-13-14-15-16-17-18-20-24(27)26-23-25(28,21-9-6-3)22-19-8-5-2/h4,7,10-15,18,20,28H,5-6,8-9,16-17,19,21-23H2,1-3H3,(H,26,27). The zero-order valence-electron chi connectivity index (χ0n) is 18.2. The van der Waals surface area contributed by atoms with Crippen molar-refractivity contribution in [1.29, 1.82) is 0 Å². The van der Waals surface area contributed by atoms with Crippen LogP contribution in [-0.2, 0) is 4.79 Å². The summed E-state index contributed by atoms with van der Waals surface area (Å²) in [6.45, 7) is 6.61. The average Bonchev–Trinajstić information content (AvgIpc) is 2.69. The molecule has 0 saturated carbocycles. The maximum atomic E-state index is 12.0. The topological polar surface area (TPSA) is 49.3 Å². The van der Waals surface area contributed by atoms with Gasteiger partial charge in [0.25, 0.3) is 0 Å². The number of nitrogens with one attached hydrogen (secondary N) is 1. The van der Waals surface area contributed by atoms with Crippen molar-refractivity contribution >= 4 is 5.91 Å². The summed E-state index contributed by atoms with van der Waals surface area (Å²) < 4.78 is 0. The molecule has 1 amide bonds. The quantitative estimate of drug-likeness (QED) is 0.189. The van der Waals surface area contributed by atoms with Crippen molar-refractivity contribution in [3.63, 3.8) is 0 Å². The fourth-order valence-electron chi connectivity index (χ4n) is 2.75. The second kappa shape index (κ2) is 18.5. The highest BCUT2D eigenvalue weighted by molar-refractivity contribution is 5.87. The summed E-state index contributed by atoms with van der Waals surface area (Å²) in [6, 6.07) is 0. The zero-order valence-corrected chi connectivity index (χ0v) is 18.2. The lowest BCUT2D eigenvalue weighted by molar-refractivity contribution is -0.118. The van der Waals surface area contributed by atoms with Crippen LogP contribution in [0.1, 0.15) is 78.6 Å². The van der Waals surface area contributed by atoms with Gasteiger partial charge in [0, 0.05) is 6.54 Å². The molecule has 0 aromatic rings. The zero-order chi connectivity index (χ0) is 20.9. The van der Waals surface area contributed by atoms with E-state index in [4.69, 9.17) is 0 Å². The van der Waals surface area contributed by atoms with E-state index in [1.54, 1.807) is 6.08 Å². The summed E-state index contributed by atoms with van der Waals surface area (Å²) in [5.74, 6) is -0.122. The molecule has 1 unspecified atom stereocenters. The molecule has 0 aliphatic rings. The predicted molar refractivity (Wildman–Crippen MR) is 122 cm³/mol. The first kappa shape index (κ1) is 26.1. The number of amides is 1.